The van der Waals surface area contributed by atoms with Crippen LogP contribution >= 0.6 is 0 Å². The first-order valence-electron chi connectivity index (χ1n) is 13.0. The van der Waals surface area contributed by atoms with Gasteiger partial charge in [0.1, 0.15) is 23.7 Å². The highest BCUT2D eigenvalue weighted by Gasteiger charge is 2.22. The third kappa shape index (κ3) is 5.64. The Bertz CT molecular complexity index is 1760. The van der Waals surface area contributed by atoms with Crippen molar-refractivity contribution in [2.45, 2.75) is 20.0 Å². The number of anilines is 1. The van der Waals surface area contributed by atoms with Gasteiger partial charge in [-0.15, -0.1) is 0 Å². The van der Waals surface area contributed by atoms with Crippen molar-refractivity contribution in [2.75, 3.05) is 19.0 Å². The number of carbonyl (C=O) groups is 1. The Morgan fingerprint density at radius 3 is 2.44 bits per heavy atom. The van der Waals surface area contributed by atoms with Crippen molar-refractivity contribution >= 4 is 22.5 Å². The number of aromatic nitrogens is 3. The number of rotatable bonds is 9. The maximum atomic E-state index is 13.2. The molecule has 1 amide bonds. The smallest absolute Gasteiger partial charge is 0.284 e. The summed E-state index contributed by atoms with van der Waals surface area (Å²) in [6.07, 6.45) is 0.997. The molecule has 2 aromatic heterocycles. The highest BCUT2D eigenvalue weighted by Crippen LogP contribution is 2.37. The average Bonchev–Trinajstić information content (AvgIpc) is 3.20. The van der Waals surface area contributed by atoms with Crippen LogP contribution < -0.4 is 25.1 Å². The molecule has 0 aliphatic rings. The second kappa shape index (κ2) is 11.6. The van der Waals surface area contributed by atoms with Crippen LogP contribution in [0.25, 0.3) is 16.6 Å². The number of nitrogens with one attached hydrogen (secondary N) is 1. The highest BCUT2D eigenvalue weighted by molar-refractivity contribution is 6.05. The number of aliphatic hydroxyl groups is 1. The summed E-state index contributed by atoms with van der Waals surface area (Å²) in [5.41, 5.74) is 2.05. The van der Waals surface area contributed by atoms with Gasteiger partial charge in [0.2, 0.25) is 0 Å². The summed E-state index contributed by atoms with van der Waals surface area (Å²) in [5, 5.41) is 13.1. The van der Waals surface area contributed by atoms with Crippen LogP contribution in [0, 0.1) is 6.92 Å². The molecule has 1 atom stereocenters. The predicted octanol–water partition coefficient (Wildman–Crippen LogP) is 4.85. The number of amides is 1. The Kier molecular flexibility index (Phi) is 7.75. The fourth-order valence-corrected chi connectivity index (χ4v) is 4.46. The lowest BCUT2D eigenvalue weighted by Crippen LogP contribution is -2.25. The van der Waals surface area contributed by atoms with Gasteiger partial charge >= 0.3 is 0 Å². The molecule has 10 nitrogen and oxygen atoms in total. The Morgan fingerprint density at radius 2 is 1.76 bits per heavy atom. The third-order valence-corrected chi connectivity index (χ3v) is 6.59. The molecule has 0 aliphatic heterocycles. The Balaban J connectivity index is 1.35. The van der Waals surface area contributed by atoms with Crippen LogP contribution in [0.2, 0.25) is 0 Å². The Hall–Kier alpha value is -5.09. The molecule has 41 heavy (non-hydrogen) atoms. The van der Waals surface area contributed by atoms with Crippen molar-refractivity contribution in [1.82, 2.24) is 14.3 Å². The number of ether oxygens (including phenoxy) is 3. The number of para-hydroxylation sites is 1. The molecular formula is C31H30N4O6. The summed E-state index contributed by atoms with van der Waals surface area (Å²) in [5.74, 6) is 1.54. The van der Waals surface area contributed by atoms with Crippen LogP contribution in [0.5, 0.6) is 23.0 Å². The van der Waals surface area contributed by atoms with Crippen LogP contribution in [0.4, 0.5) is 5.69 Å². The summed E-state index contributed by atoms with van der Waals surface area (Å²) in [6, 6.07) is 21.3. The first-order chi connectivity index (χ1) is 19.8. The van der Waals surface area contributed by atoms with E-state index in [4.69, 9.17) is 14.2 Å². The van der Waals surface area contributed by atoms with E-state index in [2.05, 4.69) is 10.3 Å². The lowest BCUT2D eigenvalue weighted by molar-refractivity contribution is 0.102. The molecule has 0 saturated heterocycles. The minimum absolute atomic E-state index is 0.0747. The second-order valence-electron chi connectivity index (χ2n) is 9.51. The van der Waals surface area contributed by atoms with Gasteiger partial charge in [0, 0.05) is 30.4 Å². The van der Waals surface area contributed by atoms with Crippen molar-refractivity contribution in [3.63, 3.8) is 0 Å². The first kappa shape index (κ1) is 27.5. The molecule has 2 heterocycles. The van der Waals surface area contributed by atoms with Crippen molar-refractivity contribution in [1.29, 1.82) is 0 Å². The fourth-order valence-electron chi connectivity index (χ4n) is 4.46. The zero-order valence-corrected chi connectivity index (χ0v) is 23.1. The monoisotopic (exact) mass is 554 g/mol. The zero-order chi connectivity index (χ0) is 29.1. The van der Waals surface area contributed by atoms with E-state index in [1.165, 1.54) is 11.8 Å². The Labute approximate surface area is 236 Å². The summed E-state index contributed by atoms with van der Waals surface area (Å²) in [4.78, 5) is 30.7. The van der Waals surface area contributed by atoms with E-state index in [9.17, 15) is 14.7 Å². The minimum atomic E-state index is -0.629. The third-order valence-electron chi connectivity index (χ3n) is 6.59. The second-order valence-corrected chi connectivity index (χ2v) is 9.51. The maximum Gasteiger partial charge on any atom is 0.284 e. The largest absolute Gasteiger partial charge is 0.493 e. The van der Waals surface area contributed by atoms with Crippen LogP contribution in [0.3, 0.4) is 0 Å². The first-order valence-corrected chi connectivity index (χ1v) is 13.0. The van der Waals surface area contributed by atoms with Crippen LogP contribution in [0.1, 0.15) is 23.0 Å². The van der Waals surface area contributed by atoms with Gasteiger partial charge in [0.25, 0.3) is 11.5 Å². The predicted molar refractivity (Wildman–Crippen MR) is 156 cm³/mol. The van der Waals surface area contributed by atoms with Gasteiger partial charge in [-0.25, -0.2) is 4.68 Å². The number of carbonyl (C=O) groups excluding carboxylic acids is 1. The summed E-state index contributed by atoms with van der Waals surface area (Å²) in [7, 11) is 3.28. The van der Waals surface area contributed by atoms with Crippen molar-refractivity contribution in [3.05, 3.63) is 101 Å². The highest BCUT2D eigenvalue weighted by atomic mass is 16.5. The number of nitrogens with zero attached hydrogens (tertiary/aromatic N) is 3. The molecule has 0 fully saturated rings. The average molecular weight is 555 g/mol. The topological polar surface area (TPSA) is 117 Å². The van der Waals surface area contributed by atoms with E-state index in [0.29, 0.717) is 51.0 Å². The molecular weight excluding hydrogens is 524 g/mol. The number of hydrogen-bond acceptors (Lipinski definition) is 7. The quantitative estimate of drug-likeness (QED) is 0.268. The van der Waals surface area contributed by atoms with Gasteiger partial charge in [-0.05, 0) is 62.4 Å². The molecule has 0 saturated carbocycles. The molecule has 5 aromatic rings. The SMILES string of the molecule is COc1cc2c(Oc3ccc(NC(=O)c4c(C)n(C)n(-c5ccccc5)c4=O)cc3)ccnc2cc1OC[C@@H](C)O. The number of benzene rings is 3. The molecule has 0 radical (unpaired) electrons. The van der Waals surface area contributed by atoms with E-state index in [-0.39, 0.29) is 12.2 Å². The molecule has 0 unspecified atom stereocenters. The zero-order valence-electron chi connectivity index (χ0n) is 23.1. The normalized spacial score (nSPS) is 11.7. The number of hydrogen-bond donors (Lipinski definition) is 2. The standard InChI is InChI=1S/C31H30N4O6/c1-19(36)18-40-28-17-25-24(16-27(28)39-4)26(14-15-32-25)41-23-12-10-21(11-13-23)33-30(37)29-20(2)34(3)35(31(29)38)22-8-6-5-7-9-22/h5-17,19,36H,18H2,1-4H3,(H,33,37)/t19-/m1/s1. The lowest BCUT2D eigenvalue weighted by Gasteiger charge is -2.15. The van der Waals surface area contributed by atoms with Gasteiger partial charge < -0.3 is 24.6 Å². The van der Waals surface area contributed by atoms with Gasteiger partial charge in [0.15, 0.2) is 11.5 Å². The van der Waals surface area contributed by atoms with Crippen LogP contribution in [-0.2, 0) is 7.05 Å². The van der Waals surface area contributed by atoms with E-state index in [1.54, 1.807) is 74.2 Å². The molecule has 210 valence electrons. The van der Waals surface area contributed by atoms with Gasteiger partial charge in [-0.3, -0.25) is 19.3 Å². The number of pyridine rings is 1. The fraction of sp³-hybridized carbons (Fsp3) is 0.194. The number of methoxy groups -OCH3 is 1. The summed E-state index contributed by atoms with van der Waals surface area (Å²) in [6.45, 7) is 3.50. The molecule has 0 bridgehead atoms. The summed E-state index contributed by atoms with van der Waals surface area (Å²) >= 11 is 0. The van der Waals surface area contributed by atoms with E-state index in [1.807, 2.05) is 30.3 Å². The molecule has 2 N–H and O–H groups in total. The minimum Gasteiger partial charge on any atom is -0.493 e. The van der Waals surface area contributed by atoms with Gasteiger partial charge in [-0.1, -0.05) is 18.2 Å². The van der Waals surface area contributed by atoms with Crippen LogP contribution in [0.15, 0.2) is 83.8 Å². The van der Waals surface area contributed by atoms with Gasteiger partial charge in [0.05, 0.1) is 30.1 Å². The van der Waals surface area contributed by atoms with E-state index < -0.39 is 17.6 Å². The maximum absolute atomic E-state index is 13.2. The lowest BCUT2D eigenvalue weighted by atomic mass is 10.1. The van der Waals surface area contributed by atoms with Crippen molar-refractivity contribution < 1.29 is 24.1 Å². The Morgan fingerprint density at radius 1 is 1.02 bits per heavy atom. The molecule has 3 aromatic carbocycles. The molecule has 0 spiro atoms. The number of fused-ring (bicyclic) bond motifs is 1. The van der Waals surface area contributed by atoms with Gasteiger partial charge in [-0.2, -0.15) is 0 Å². The van der Waals surface area contributed by atoms with E-state index >= 15 is 0 Å². The summed E-state index contributed by atoms with van der Waals surface area (Å²) < 4.78 is 20.4. The molecule has 10 heteroatoms. The van der Waals surface area contributed by atoms with E-state index in [0.717, 1.165) is 0 Å². The van der Waals surface area contributed by atoms with Crippen molar-refractivity contribution in [2.24, 2.45) is 7.05 Å². The van der Waals surface area contributed by atoms with Crippen LogP contribution in [-0.4, -0.2) is 45.2 Å². The van der Waals surface area contributed by atoms with Crippen molar-refractivity contribution in [3.8, 4) is 28.7 Å². The number of aliphatic hydroxyl groups excluding tert-OH is 1. The molecule has 0 aliphatic carbocycles. The molecule has 5 rings (SSSR count).